The fourth-order valence-electron chi connectivity index (χ4n) is 2.51. The van der Waals surface area contributed by atoms with Crippen molar-refractivity contribution in [1.29, 1.82) is 0 Å². The summed E-state index contributed by atoms with van der Waals surface area (Å²) in [7, 11) is 0. The molecular weight excluding hydrogens is 309 g/mol. The topological polar surface area (TPSA) is 98.2 Å². The molecule has 1 aliphatic rings. The van der Waals surface area contributed by atoms with Crippen LogP contribution in [0.15, 0.2) is 18.2 Å². The molecule has 0 unspecified atom stereocenters. The van der Waals surface area contributed by atoms with Crippen molar-refractivity contribution < 1.29 is 14.0 Å². The van der Waals surface area contributed by atoms with Crippen molar-refractivity contribution in [3.05, 3.63) is 29.3 Å². The van der Waals surface area contributed by atoms with Crippen molar-refractivity contribution in [2.75, 3.05) is 18.4 Å². The summed E-state index contributed by atoms with van der Waals surface area (Å²) in [6, 6.07) is 4.68. The highest BCUT2D eigenvalue weighted by atomic mass is 19.1. The van der Waals surface area contributed by atoms with Crippen LogP contribution in [-0.2, 0) is 4.79 Å². The smallest absolute Gasteiger partial charge is 0.224 e. The van der Waals surface area contributed by atoms with Gasteiger partial charge in [0, 0.05) is 23.2 Å². The van der Waals surface area contributed by atoms with Gasteiger partial charge in [0.05, 0.1) is 6.54 Å². The Morgan fingerprint density at radius 3 is 2.62 bits per heavy atom. The maximum Gasteiger partial charge on any atom is 0.224 e. The zero-order chi connectivity index (χ0) is 17.6. The van der Waals surface area contributed by atoms with Gasteiger partial charge in [-0.1, -0.05) is 11.8 Å². The second-order valence-electron chi connectivity index (χ2n) is 5.85. The van der Waals surface area contributed by atoms with Gasteiger partial charge in [-0.05, 0) is 50.4 Å². The van der Waals surface area contributed by atoms with E-state index < -0.39 is 11.5 Å². The number of amides is 1. The van der Waals surface area contributed by atoms with E-state index in [9.17, 15) is 14.0 Å². The largest absolute Gasteiger partial charge is 0.330 e. The standard InChI is InChI=1S/C18H22FN3O2/c19-18(8-3-9-18)17(24)15-7-6-14(12-13(15)4-1-10-20)22-16(23)5-2-11-21/h6-7,12H,2-3,5,8-11,20-21H2,(H,22,23). The first-order chi connectivity index (χ1) is 11.5. The van der Waals surface area contributed by atoms with Crippen molar-refractivity contribution in [3.8, 4) is 11.8 Å². The molecule has 5 nitrogen and oxygen atoms in total. The summed E-state index contributed by atoms with van der Waals surface area (Å²) < 4.78 is 14.4. The average Bonchev–Trinajstić information content (AvgIpc) is 2.55. The second-order valence-corrected chi connectivity index (χ2v) is 5.85. The third-order valence-electron chi connectivity index (χ3n) is 4.03. The number of carbonyl (C=O) groups excluding carboxylic acids is 2. The Hall–Kier alpha value is -2.23. The Balaban J connectivity index is 2.25. The lowest BCUT2D eigenvalue weighted by atomic mass is 9.76. The molecule has 1 aliphatic carbocycles. The van der Waals surface area contributed by atoms with Crippen molar-refractivity contribution >= 4 is 17.4 Å². The number of halogens is 1. The van der Waals surface area contributed by atoms with Crippen LogP contribution in [0.3, 0.4) is 0 Å². The molecule has 128 valence electrons. The summed E-state index contributed by atoms with van der Waals surface area (Å²) in [5.41, 5.74) is 10.1. The number of anilines is 1. The predicted octanol–water partition coefficient (Wildman–Crippen LogP) is 1.75. The first-order valence-corrected chi connectivity index (χ1v) is 8.07. The molecule has 0 bridgehead atoms. The monoisotopic (exact) mass is 331 g/mol. The normalized spacial score (nSPS) is 15.0. The van der Waals surface area contributed by atoms with E-state index in [1.54, 1.807) is 12.1 Å². The molecule has 6 heteroatoms. The molecule has 0 radical (unpaired) electrons. The number of benzene rings is 1. The number of hydrogen-bond acceptors (Lipinski definition) is 4. The van der Waals surface area contributed by atoms with E-state index in [0.717, 1.165) is 0 Å². The number of Topliss-reactive ketones (excluding diaryl/α,β-unsaturated/α-hetero) is 1. The Kier molecular flexibility index (Phi) is 6.07. The quantitative estimate of drug-likeness (QED) is 0.546. The molecule has 1 saturated carbocycles. The number of nitrogens with one attached hydrogen (secondary N) is 1. The summed E-state index contributed by atoms with van der Waals surface area (Å²) >= 11 is 0. The van der Waals surface area contributed by atoms with Gasteiger partial charge in [-0.2, -0.15) is 0 Å². The highest BCUT2D eigenvalue weighted by molar-refractivity contribution is 6.05. The Labute approximate surface area is 141 Å². The SMILES string of the molecule is NCC#Cc1cc(NC(=O)CCCN)ccc1C(=O)C1(F)CCC1. The van der Waals surface area contributed by atoms with Crippen molar-refractivity contribution in [2.45, 2.75) is 37.8 Å². The lowest BCUT2D eigenvalue weighted by molar-refractivity contribution is -0.116. The van der Waals surface area contributed by atoms with Crippen LogP contribution in [0.1, 0.15) is 48.0 Å². The lowest BCUT2D eigenvalue weighted by Crippen LogP contribution is -2.41. The zero-order valence-electron chi connectivity index (χ0n) is 13.5. The molecule has 0 saturated heterocycles. The number of rotatable bonds is 6. The molecule has 1 aromatic carbocycles. The van der Waals surface area contributed by atoms with E-state index >= 15 is 0 Å². The number of ketones is 1. The molecule has 0 aliphatic heterocycles. The zero-order valence-corrected chi connectivity index (χ0v) is 13.5. The molecular formula is C18H22FN3O2. The molecule has 0 heterocycles. The van der Waals surface area contributed by atoms with Crippen LogP contribution in [0.5, 0.6) is 0 Å². The van der Waals surface area contributed by atoms with Gasteiger partial charge >= 0.3 is 0 Å². The van der Waals surface area contributed by atoms with Crippen LogP contribution < -0.4 is 16.8 Å². The maximum absolute atomic E-state index is 14.4. The highest BCUT2D eigenvalue weighted by Gasteiger charge is 2.45. The van der Waals surface area contributed by atoms with Crippen LogP contribution in [-0.4, -0.2) is 30.4 Å². The number of nitrogens with two attached hydrogens (primary N) is 2. The minimum Gasteiger partial charge on any atom is -0.330 e. The van der Waals surface area contributed by atoms with Gasteiger partial charge < -0.3 is 16.8 Å². The van der Waals surface area contributed by atoms with Gasteiger partial charge in [0.15, 0.2) is 5.67 Å². The third-order valence-corrected chi connectivity index (χ3v) is 4.03. The van der Waals surface area contributed by atoms with Crippen LogP contribution in [0, 0.1) is 11.8 Å². The summed E-state index contributed by atoms with van der Waals surface area (Å²) in [5.74, 6) is 4.76. The minimum absolute atomic E-state index is 0.126. The summed E-state index contributed by atoms with van der Waals surface area (Å²) in [4.78, 5) is 24.2. The van der Waals surface area contributed by atoms with Crippen molar-refractivity contribution in [3.63, 3.8) is 0 Å². The predicted molar refractivity (Wildman–Crippen MR) is 91.3 cm³/mol. The second kappa shape index (κ2) is 8.04. The van der Waals surface area contributed by atoms with Crippen LogP contribution in [0.25, 0.3) is 0 Å². The van der Waals surface area contributed by atoms with E-state index in [0.29, 0.717) is 37.1 Å². The molecule has 1 aromatic rings. The average molecular weight is 331 g/mol. The fraction of sp³-hybridized carbons (Fsp3) is 0.444. The number of alkyl halides is 1. The van der Waals surface area contributed by atoms with E-state index in [-0.39, 0.29) is 30.9 Å². The molecule has 5 N–H and O–H groups in total. The molecule has 2 rings (SSSR count). The minimum atomic E-state index is -1.79. The number of hydrogen-bond donors (Lipinski definition) is 3. The molecule has 1 fully saturated rings. The van der Waals surface area contributed by atoms with Gasteiger partial charge in [0.1, 0.15) is 0 Å². The van der Waals surface area contributed by atoms with Crippen LogP contribution in [0.2, 0.25) is 0 Å². The molecule has 0 atom stereocenters. The van der Waals surface area contributed by atoms with Gasteiger partial charge in [-0.3, -0.25) is 9.59 Å². The van der Waals surface area contributed by atoms with E-state index in [2.05, 4.69) is 17.2 Å². The van der Waals surface area contributed by atoms with Crippen LogP contribution in [0.4, 0.5) is 10.1 Å². The van der Waals surface area contributed by atoms with Crippen molar-refractivity contribution in [2.24, 2.45) is 11.5 Å². The lowest BCUT2D eigenvalue weighted by Gasteiger charge is -2.32. The van der Waals surface area contributed by atoms with Crippen LogP contribution >= 0.6 is 0 Å². The number of carbonyl (C=O) groups is 2. The third kappa shape index (κ3) is 4.19. The molecule has 1 amide bonds. The van der Waals surface area contributed by atoms with E-state index in [4.69, 9.17) is 11.5 Å². The fourth-order valence-corrected chi connectivity index (χ4v) is 2.51. The van der Waals surface area contributed by atoms with Gasteiger partial charge in [0.2, 0.25) is 11.7 Å². The van der Waals surface area contributed by atoms with Gasteiger partial charge in [-0.25, -0.2) is 4.39 Å². The molecule has 0 spiro atoms. The van der Waals surface area contributed by atoms with Gasteiger partial charge in [-0.15, -0.1) is 0 Å². The van der Waals surface area contributed by atoms with Crippen molar-refractivity contribution in [1.82, 2.24) is 0 Å². The van der Waals surface area contributed by atoms with E-state index in [1.807, 2.05) is 0 Å². The molecule has 0 aromatic heterocycles. The first kappa shape index (κ1) is 18.1. The summed E-state index contributed by atoms with van der Waals surface area (Å²) in [6.45, 7) is 0.564. The van der Waals surface area contributed by atoms with E-state index in [1.165, 1.54) is 6.07 Å². The maximum atomic E-state index is 14.4. The first-order valence-electron chi connectivity index (χ1n) is 8.07. The summed E-state index contributed by atoms with van der Waals surface area (Å²) in [5, 5.41) is 2.73. The van der Waals surface area contributed by atoms with Gasteiger partial charge in [0.25, 0.3) is 0 Å². The highest BCUT2D eigenvalue weighted by Crippen LogP contribution is 2.39. The molecule has 24 heavy (non-hydrogen) atoms. The Bertz CT molecular complexity index is 687. The Morgan fingerprint density at radius 2 is 2.04 bits per heavy atom. The summed E-state index contributed by atoms with van der Waals surface area (Å²) in [6.07, 6.45) is 2.10. The Morgan fingerprint density at radius 1 is 1.29 bits per heavy atom.